The molecule has 2 aromatic carbocycles. The van der Waals surface area contributed by atoms with Crippen molar-refractivity contribution in [2.75, 3.05) is 11.9 Å². The highest BCUT2D eigenvalue weighted by Crippen LogP contribution is 2.20. The normalized spacial score (nSPS) is 10.4. The van der Waals surface area contributed by atoms with Crippen LogP contribution in [0.2, 0.25) is 0 Å². The largest absolute Gasteiger partial charge is 0.484 e. The van der Waals surface area contributed by atoms with Gasteiger partial charge in [0.15, 0.2) is 6.61 Å². The molecule has 122 valence electrons. The van der Waals surface area contributed by atoms with E-state index in [0.717, 1.165) is 12.1 Å². The van der Waals surface area contributed by atoms with Gasteiger partial charge in [0.2, 0.25) is 12.3 Å². The van der Waals surface area contributed by atoms with Gasteiger partial charge in [-0.05, 0) is 36.4 Å². The summed E-state index contributed by atoms with van der Waals surface area (Å²) in [4.78, 5) is 11.7. The van der Waals surface area contributed by atoms with E-state index in [0.29, 0.717) is 23.3 Å². The van der Waals surface area contributed by atoms with Crippen LogP contribution in [0.3, 0.4) is 0 Å². The van der Waals surface area contributed by atoms with Crippen LogP contribution in [0.4, 0.5) is 14.5 Å². The van der Waals surface area contributed by atoms with E-state index in [-0.39, 0.29) is 12.3 Å². The Hall–Kier alpha value is -3.29. The summed E-state index contributed by atoms with van der Waals surface area (Å²) in [6.45, 7) is -0.323. The minimum atomic E-state index is -0.854. The molecule has 1 aromatic heterocycles. The predicted molar refractivity (Wildman–Crippen MR) is 80.2 cm³/mol. The molecule has 0 unspecified atom stereocenters. The number of aromatic nitrogens is 2. The Morgan fingerprint density at radius 2 is 1.96 bits per heavy atom. The van der Waals surface area contributed by atoms with Crippen molar-refractivity contribution in [2.45, 2.75) is 0 Å². The summed E-state index contributed by atoms with van der Waals surface area (Å²) >= 11 is 0. The predicted octanol–water partition coefficient (Wildman–Crippen LogP) is 3.03. The van der Waals surface area contributed by atoms with Gasteiger partial charge in [0.25, 0.3) is 5.91 Å². The van der Waals surface area contributed by atoms with Crippen LogP contribution >= 0.6 is 0 Å². The molecule has 0 aliphatic carbocycles. The van der Waals surface area contributed by atoms with Crippen LogP contribution in [0.5, 0.6) is 5.75 Å². The van der Waals surface area contributed by atoms with Gasteiger partial charge in [-0.15, -0.1) is 10.2 Å². The number of amides is 1. The molecule has 8 heteroatoms. The SMILES string of the molecule is O=C(COc1ccc(-c2nnco2)cc1)Nc1ccc(F)cc1F. The number of hydrogen-bond acceptors (Lipinski definition) is 5. The first-order valence-corrected chi connectivity index (χ1v) is 6.86. The topological polar surface area (TPSA) is 77.2 Å². The molecule has 0 bridgehead atoms. The minimum Gasteiger partial charge on any atom is -0.484 e. The summed E-state index contributed by atoms with van der Waals surface area (Å²) in [7, 11) is 0. The quantitative estimate of drug-likeness (QED) is 0.777. The van der Waals surface area contributed by atoms with E-state index in [1.807, 2.05) is 0 Å². The summed E-state index contributed by atoms with van der Waals surface area (Å²) in [6, 6.07) is 9.53. The van der Waals surface area contributed by atoms with Crippen molar-refractivity contribution in [1.29, 1.82) is 0 Å². The summed E-state index contributed by atoms with van der Waals surface area (Å²) in [5.74, 6) is -1.34. The van der Waals surface area contributed by atoms with Crippen LogP contribution in [0, 0.1) is 11.6 Å². The number of benzene rings is 2. The van der Waals surface area contributed by atoms with Crippen LogP contribution < -0.4 is 10.1 Å². The molecule has 0 saturated heterocycles. The van der Waals surface area contributed by atoms with Gasteiger partial charge in [-0.3, -0.25) is 4.79 Å². The van der Waals surface area contributed by atoms with E-state index in [1.165, 1.54) is 6.39 Å². The third-order valence-corrected chi connectivity index (χ3v) is 3.04. The van der Waals surface area contributed by atoms with Crippen molar-refractivity contribution in [1.82, 2.24) is 10.2 Å². The van der Waals surface area contributed by atoms with Crippen molar-refractivity contribution in [2.24, 2.45) is 0 Å². The number of nitrogens with zero attached hydrogens (tertiary/aromatic N) is 2. The highest BCUT2D eigenvalue weighted by molar-refractivity contribution is 5.91. The number of ether oxygens (including phenoxy) is 1. The third-order valence-electron chi connectivity index (χ3n) is 3.04. The maximum Gasteiger partial charge on any atom is 0.262 e. The Bertz CT molecular complexity index is 836. The van der Waals surface area contributed by atoms with E-state index < -0.39 is 17.5 Å². The van der Waals surface area contributed by atoms with Gasteiger partial charge in [-0.1, -0.05) is 0 Å². The molecule has 6 nitrogen and oxygen atoms in total. The van der Waals surface area contributed by atoms with Gasteiger partial charge in [0.1, 0.15) is 17.4 Å². The van der Waals surface area contributed by atoms with E-state index in [2.05, 4.69) is 15.5 Å². The first-order chi connectivity index (χ1) is 11.6. The molecule has 24 heavy (non-hydrogen) atoms. The Morgan fingerprint density at radius 3 is 2.62 bits per heavy atom. The molecule has 0 saturated carbocycles. The standard InChI is InChI=1S/C16H11F2N3O3/c17-11-3-6-14(13(18)7-11)20-15(22)8-23-12-4-1-10(2-5-12)16-21-19-9-24-16/h1-7,9H,8H2,(H,20,22). The fourth-order valence-electron chi connectivity index (χ4n) is 1.92. The summed E-state index contributed by atoms with van der Waals surface area (Å²) in [5, 5.41) is 9.65. The number of carbonyl (C=O) groups excluding carboxylic acids is 1. The second-order valence-electron chi connectivity index (χ2n) is 4.73. The number of nitrogens with one attached hydrogen (secondary N) is 1. The maximum atomic E-state index is 13.4. The number of anilines is 1. The average molecular weight is 331 g/mol. The Morgan fingerprint density at radius 1 is 1.17 bits per heavy atom. The molecule has 0 aliphatic heterocycles. The van der Waals surface area contributed by atoms with Crippen LogP contribution in [-0.2, 0) is 4.79 Å². The van der Waals surface area contributed by atoms with E-state index >= 15 is 0 Å². The average Bonchev–Trinajstić information content (AvgIpc) is 3.11. The molecule has 1 heterocycles. The smallest absolute Gasteiger partial charge is 0.262 e. The zero-order valence-corrected chi connectivity index (χ0v) is 12.2. The van der Waals surface area contributed by atoms with Crippen molar-refractivity contribution >= 4 is 11.6 Å². The summed E-state index contributed by atoms with van der Waals surface area (Å²) in [6.07, 6.45) is 1.22. The lowest BCUT2D eigenvalue weighted by Crippen LogP contribution is -2.20. The summed E-state index contributed by atoms with van der Waals surface area (Å²) in [5.41, 5.74) is 0.592. The number of carbonyl (C=O) groups is 1. The second kappa shape index (κ2) is 6.86. The van der Waals surface area contributed by atoms with Crippen LogP contribution in [-0.4, -0.2) is 22.7 Å². The van der Waals surface area contributed by atoms with Crippen LogP contribution in [0.1, 0.15) is 0 Å². The van der Waals surface area contributed by atoms with Crippen molar-refractivity contribution < 1.29 is 22.7 Å². The molecule has 1 amide bonds. The minimum absolute atomic E-state index is 0.114. The maximum absolute atomic E-state index is 13.4. The fraction of sp³-hybridized carbons (Fsp3) is 0.0625. The van der Waals surface area contributed by atoms with Crippen LogP contribution in [0.25, 0.3) is 11.5 Å². The van der Waals surface area contributed by atoms with E-state index in [1.54, 1.807) is 24.3 Å². The third kappa shape index (κ3) is 3.72. The van der Waals surface area contributed by atoms with Crippen molar-refractivity contribution in [3.63, 3.8) is 0 Å². The van der Waals surface area contributed by atoms with Crippen LogP contribution in [0.15, 0.2) is 53.3 Å². The molecule has 1 N–H and O–H groups in total. The van der Waals surface area contributed by atoms with Crippen molar-refractivity contribution in [3.8, 4) is 17.2 Å². The molecule has 0 aliphatic rings. The van der Waals surface area contributed by atoms with Gasteiger partial charge in [-0.25, -0.2) is 8.78 Å². The lowest BCUT2D eigenvalue weighted by molar-refractivity contribution is -0.118. The Balaban J connectivity index is 1.56. The fourth-order valence-corrected chi connectivity index (χ4v) is 1.92. The Labute approximate surface area is 135 Å². The highest BCUT2D eigenvalue weighted by atomic mass is 19.1. The van der Waals surface area contributed by atoms with Gasteiger partial charge >= 0.3 is 0 Å². The number of rotatable bonds is 5. The lowest BCUT2D eigenvalue weighted by atomic mass is 10.2. The first-order valence-electron chi connectivity index (χ1n) is 6.86. The molecule has 0 fully saturated rings. The summed E-state index contributed by atoms with van der Waals surface area (Å²) < 4.78 is 36.6. The number of halogens is 2. The van der Waals surface area contributed by atoms with E-state index in [4.69, 9.17) is 9.15 Å². The first kappa shape index (κ1) is 15.6. The molecule has 0 atom stereocenters. The number of hydrogen-bond donors (Lipinski definition) is 1. The van der Waals surface area contributed by atoms with Crippen molar-refractivity contribution in [3.05, 3.63) is 60.5 Å². The van der Waals surface area contributed by atoms with Gasteiger partial charge in [0.05, 0.1) is 5.69 Å². The molecule has 3 rings (SSSR count). The second-order valence-corrected chi connectivity index (χ2v) is 4.73. The molecular formula is C16H11F2N3O3. The highest BCUT2D eigenvalue weighted by Gasteiger charge is 2.09. The van der Waals surface area contributed by atoms with E-state index in [9.17, 15) is 13.6 Å². The Kier molecular flexibility index (Phi) is 4.46. The van der Waals surface area contributed by atoms with Gasteiger partial charge < -0.3 is 14.5 Å². The lowest BCUT2D eigenvalue weighted by Gasteiger charge is -2.08. The van der Waals surface area contributed by atoms with Gasteiger partial charge in [-0.2, -0.15) is 0 Å². The van der Waals surface area contributed by atoms with Gasteiger partial charge in [0, 0.05) is 11.6 Å². The molecular weight excluding hydrogens is 320 g/mol. The molecule has 0 radical (unpaired) electrons. The zero-order valence-electron chi connectivity index (χ0n) is 12.2. The molecule has 0 spiro atoms. The monoisotopic (exact) mass is 331 g/mol. The zero-order chi connectivity index (χ0) is 16.9. The molecule has 3 aromatic rings.